The Balaban J connectivity index is 1.31. The van der Waals surface area contributed by atoms with Crippen molar-refractivity contribution in [1.82, 2.24) is 0 Å². The number of carbonyl (C=O) groups excluding carboxylic acids is 2. The van der Waals surface area contributed by atoms with Crippen LogP contribution < -0.4 is 14.4 Å². The molecule has 2 aromatic rings. The SMILES string of the molecule is COc1ccc(C2=NO[C@@H]3[C@H]4C[C@@H]([C@H]23)[C@@H]2C(=O)N(c3ccc(OC)cc3)C(=O)[C@H]42)cc1. The lowest BCUT2D eigenvalue weighted by Crippen LogP contribution is -2.41. The molecule has 1 saturated heterocycles. The van der Waals surface area contributed by atoms with Gasteiger partial charge in [-0.25, -0.2) is 0 Å². The summed E-state index contributed by atoms with van der Waals surface area (Å²) in [5.41, 5.74) is 2.45. The van der Waals surface area contributed by atoms with E-state index in [1.165, 1.54) is 4.90 Å². The Morgan fingerprint density at radius 3 is 2.03 bits per heavy atom. The van der Waals surface area contributed by atoms with Crippen LogP contribution in [0.25, 0.3) is 0 Å². The van der Waals surface area contributed by atoms with Gasteiger partial charge in [-0.05, 0) is 60.9 Å². The quantitative estimate of drug-likeness (QED) is 0.714. The molecule has 0 spiro atoms. The maximum Gasteiger partial charge on any atom is 0.238 e. The highest BCUT2D eigenvalue weighted by Crippen LogP contribution is 2.62. The third-order valence-electron chi connectivity index (χ3n) is 7.41. The van der Waals surface area contributed by atoms with Gasteiger partial charge in [-0.1, -0.05) is 5.16 Å². The molecule has 0 N–H and O–H groups in total. The minimum Gasteiger partial charge on any atom is -0.497 e. The first-order valence-corrected chi connectivity index (χ1v) is 10.5. The molecule has 6 atom stereocenters. The predicted molar refractivity (Wildman–Crippen MR) is 112 cm³/mol. The lowest BCUT2D eigenvalue weighted by atomic mass is 9.71. The molecule has 0 unspecified atom stereocenters. The van der Waals surface area contributed by atoms with Crippen LogP contribution >= 0.6 is 0 Å². The van der Waals surface area contributed by atoms with Gasteiger partial charge in [-0.3, -0.25) is 14.5 Å². The van der Waals surface area contributed by atoms with Crippen LogP contribution in [0.2, 0.25) is 0 Å². The summed E-state index contributed by atoms with van der Waals surface area (Å²) < 4.78 is 10.4. The van der Waals surface area contributed by atoms with Crippen molar-refractivity contribution in [2.24, 2.45) is 34.7 Å². The highest BCUT2D eigenvalue weighted by Gasteiger charge is 2.70. The van der Waals surface area contributed by atoms with Crippen molar-refractivity contribution in [2.75, 3.05) is 19.1 Å². The number of imide groups is 1. The van der Waals surface area contributed by atoms with E-state index in [4.69, 9.17) is 14.3 Å². The zero-order valence-electron chi connectivity index (χ0n) is 17.2. The van der Waals surface area contributed by atoms with Crippen molar-refractivity contribution in [1.29, 1.82) is 0 Å². The fourth-order valence-electron chi connectivity index (χ4n) is 6.11. The summed E-state index contributed by atoms with van der Waals surface area (Å²) in [6.45, 7) is 0. The van der Waals surface area contributed by atoms with Crippen molar-refractivity contribution >= 4 is 23.2 Å². The largest absolute Gasteiger partial charge is 0.497 e. The molecule has 6 rings (SSSR count). The summed E-state index contributed by atoms with van der Waals surface area (Å²) in [7, 11) is 3.22. The Labute approximate surface area is 179 Å². The van der Waals surface area contributed by atoms with Crippen LogP contribution in [0.4, 0.5) is 5.69 Å². The number of anilines is 1. The molecule has 4 aliphatic rings. The van der Waals surface area contributed by atoms with E-state index in [-0.39, 0.29) is 47.5 Å². The molecule has 3 fully saturated rings. The summed E-state index contributed by atoms with van der Waals surface area (Å²) in [5.74, 6) is 0.706. The molecule has 0 aromatic heterocycles. The number of hydrogen-bond acceptors (Lipinski definition) is 6. The highest BCUT2D eigenvalue weighted by molar-refractivity contribution is 6.23. The number of fused-ring (bicyclic) bond motifs is 8. The van der Waals surface area contributed by atoms with Crippen LogP contribution in [0.1, 0.15) is 12.0 Å². The second-order valence-electron chi connectivity index (χ2n) is 8.63. The molecule has 2 bridgehead atoms. The zero-order valence-corrected chi connectivity index (χ0v) is 17.2. The van der Waals surface area contributed by atoms with Crippen molar-refractivity contribution in [3.8, 4) is 11.5 Å². The second kappa shape index (κ2) is 6.57. The Bertz CT molecular complexity index is 1090. The Morgan fingerprint density at radius 1 is 0.839 bits per heavy atom. The molecular formula is C24H22N2O5. The number of rotatable bonds is 4. The fraction of sp³-hybridized carbons (Fsp3) is 0.375. The molecular weight excluding hydrogens is 396 g/mol. The summed E-state index contributed by atoms with van der Waals surface area (Å²) in [6.07, 6.45) is 0.684. The molecule has 2 amide bonds. The fourth-order valence-corrected chi connectivity index (χ4v) is 6.11. The van der Waals surface area contributed by atoms with Crippen LogP contribution in [-0.4, -0.2) is 37.8 Å². The third kappa shape index (κ3) is 2.43. The van der Waals surface area contributed by atoms with E-state index >= 15 is 0 Å². The molecule has 7 heteroatoms. The Hall–Kier alpha value is -3.35. The van der Waals surface area contributed by atoms with Gasteiger partial charge < -0.3 is 14.3 Å². The van der Waals surface area contributed by atoms with Crippen molar-refractivity contribution in [2.45, 2.75) is 12.5 Å². The second-order valence-corrected chi connectivity index (χ2v) is 8.63. The van der Waals surface area contributed by atoms with E-state index in [2.05, 4.69) is 5.16 Å². The van der Waals surface area contributed by atoms with Gasteiger partial charge in [-0.2, -0.15) is 0 Å². The standard InChI is InChI=1S/C24H22N2O5/c1-29-14-7-3-12(4-8-14)21-20-16-11-17(22(20)31-25-21)19-18(16)23(27)26(24(19)28)13-5-9-15(30-2)10-6-13/h3-10,16-20,22H,11H2,1-2H3/t16-,17+,18+,19-,20-,22-/m1/s1. The summed E-state index contributed by atoms with van der Waals surface area (Å²) in [6, 6.07) is 14.8. The topological polar surface area (TPSA) is 77.4 Å². The molecule has 31 heavy (non-hydrogen) atoms. The summed E-state index contributed by atoms with van der Waals surface area (Å²) >= 11 is 0. The first-order chi connectivity index (χ1) is 15.1. The molecule has 2 saturated carbocycles. The minimum absolute atomic E-state index is 0.0131. The van der Waals surface area contributed by atoms with E-state index in [1.807, 2.05) is 24.3 Å². The van der Waals surface area contributed by atoms with Gasteiger partial charge in [0.05, 0.1) is 37.5 Å². The molecule has 2 heterocycles. The minimum atomic E-state index is -0.328. The van der Waals surface area contributed by atoms with Crippen LogP contribution in [0.15, 0.2) is 53.7 Å². The lowest BCUT2D eigenvalue weighted by Gasteiger charge is -2.29. The van der Waals surface area contributed by atoms with Gasteiger partial charge in [0.25, 0.3) is 0 Å². The van der Waals surface area contributed by atoms with E-state index in [0.717, 1.165) is 23.4 Å². The maximum absolute atomic E-state index is 13.4. The van der Waals surface area contributed by atoms with Crippen LogP contribution in [0.3, 0.4) is 0 Å². The number of oxime groups is 1. The number of amides is 2. The van der Waals surface area contributed by atoms with E-state index in [0.29, 0.717) is 11.4 Å². The Kier molecular flexibility index (Phi) is 3.91. The normalized spacial score (nSPS) is 32.6. The van der Waals surface area contributed by atoms with Crippen LogP contribution in [0, 0.1) is 29.6 Å². The van der Waals surface area contributed by atoms with Gasteiger partial charge in [0.2, 0.25) is 11.8 Å². The van der Waals surface area contributed by atoms with Crippen LogP contribution in [-0.2, 0) is 14.4 Å². The van der Waals surface area contributed by atoms with E-state index in [1.54, 1.807) is 38.5 Å². The average Bonchev–Trinajstić information content (AvgIpc) is 3.54. The molecule has 0 radical (unpaired) electrons. The smallest absolute Gasteiger partial charge is 0.238 e. The Morgan fingerprint density at radius 2 is 1.42 bits per heavy atom. The van der Waals surface area contributed by atoms with E-state index in [9.17, 15) is 9.59 Å². The van der Waals surface area contributed by atoms with Crippen molar-refractivity contribution in [3.63, 3.8) is 0 Å². The monoisotopic (exact) mass is 418 g/mol. The first kappa shape index (κ1) is 18.4. The van der Waals surface area contributed by atoms with Gasteiger partial charge in [0.1, 0.15) is 17.6 Å². The number of ether oxygens (including phenoxy) is 2. The number of methoxy groups -OCH3 is 2. The summed E-state index contributed by atoms with van der Waals surface area (Å²) in [5, 5.41) is 4.39. The number of hydrogen-bond donors (Lipinski definition) is 0. The molecule has 2 aliphatic heterocycles. The molecule has 2 aliphatic carbocycles. The first-order valence-electron chi connectivity index (χ1n) is 10.5. The molecule has 7 nitrogen and oxygen atoms in total. The highest BCUT2D eigenvalue weighted by atomic mass is 16.6. The van der Waals surface area contributed by atoms with Gasteiger partial charge in [0.15, 0.2) is 0 Å². The summed E-state index contributed by atoms with van der Waals surface area (Å²) in [4.78, 5) is 34.0. The lowest BCUT2D eigenvalue weighted by molar-refractivity contribution is -0.125. The molecule has 2 aromatic carbocycles. The number of carbonyl (C=O) groups is 2. The van der Waals surface area contributed by atoms with Gasteiger partial charge in [-0.15, -0.1) is 0 Å². The number of benzene rings is 2. The third-order valence-corrected chi connectivity index (χ3v) is 7.41. The van der Waals surface area contributed by atoms with Crippen molar-refractivity contribution < 1.29 is 23.9 Å². The van der Waals surface area contributed by atoms with E-state index < -0.39 is 0 Å². The maximum atomic E-state index is 13.4. The van der Waals surface area contributed by atoms with Gasteiger partial charge in [0, 0.05) is 17.4 Å². The van der Waals surface area contributed by atoms with Gasteiger partial charge >= 0.3 is 0 Å². The predicted octanol–water partition coefficient (Wildman–Crippen LogP) is 2.88. The molecule has 158 valence electrons. The number of nitrogens with zero attached hydrogens (tertiary/aromatic N) is 2. The van der Waals surface area contributed by atoms with Crippen LogP contribution in [0.5, 0.6) is 11.5 Å². The van der Waals surface area contributed by atoms with Crippen molar-refractivity contribution in [3.05, 3.63) is 54.1 Å². The average molecular weight is 418 g/mol. The zero-order chi connectivity index (χ0) is 21.3.